The van der Waals surface area contributed by atoms with Crippen molar-refractivity contribution in [3.63, 3.8) is 0 Å². The van der Waals surface area contributed by atoms with E-state index in [1.807, 2.05) is 0 Å². The van der Waals surface area contributed by atoms with Crippen LogP contribution in [-0.2, 0) is 9.53 Å². The van der Waals surface area contributed by atoms with Crippen LogP contribution in [0.15, 0.2) is 24.3 Å². The number of nitro benzene ring substituents is 1. The lowest BCUT2D eigenvalue weighted by atomic mass is 9.80. The Bertz CT molecular complexity index is 628. The first kappa shape index (κ1) is 16.9. The van der Waals surface area contributed by atoms with Crippen molar-refractivity contribution in [2.45, 2.75) is 12.8 Å². The van der Waals surface area contributed by atoms with Crippen LogP contribution >= 0.6 is 0 Å². The molecule has 1 N–H and O–H groups in total. The van der Waals surface area contributed by atoms with E-state index in [9.17, 15) is 24.8 Å². The molecule has 8 heteroatoms. The van der Waals surface area contributed by atoms with Gasteiger partial charge in [0, 0.05) is 26.3 Å². The molecule has 124 valence electrons. The van der Waals surface area contributed by atoms with E-state index in [1.54, 1.807) is 6.07 Å². The fraction of sp³-hybridized carbons (Fsp3) is 0.467. The van der Waals surface area contributed by atoms with E-state index in [-0.39, 0.29) is 24.4 Å². The van der Waals surface area contributed by atoms with Gasteiger partial charge in [-0.05, 0) is 18.9 Å². The van der Waals surface area contributed by atoms with Gasteiger partial charge in [-0.3, -0.25) is 19.7 Å². The summed E-state index contributed by atoms with van der Waals surface area (Å²) in [6, 6.07) is 5.67. The van der Waals surface area contributed by atoms with Gasteiger partial charge in [0.25, 0.3) is 11.6 Å². The smallest absolute Gasteiger partial charge is 0.313 e. The Morgan fingerprint density at radius 3 is 2.74 bits per heavy atom. The molecule has 0 saturated carbocycles. The highest BCUT2D eigenvalue weighted by Crippen LogP contribution is 2.32. The van der Waals surface area contributed by atoms with Gasteiger partial charge in [0.2, 0.25) is 0 Å². The predicted octanol–water partition coefficient (Wildman–Crippen LogP) is 1.55. The fourth-order valence-electron chi connectivity index (χ4n) is 2.92. The van der Waals surface area contributed by atoms with Gasteiger partial charge in [-0.25, -0.2) is 0 Å². The maximum atomic E-state index is 12.6. The topological polar surface area (TPSA) is 110 Å². The Balaban J connectivity index is 2.30. The van der Waals surface area contributed by atoms with Crippen LogP contribution in [0.3, 0.4) is 0 Å². The van der Waals surface area contributed by atoms with E-state index in [0.29, 0.717) is 19.4 Å². The van der Waals surface area contributed by atoms with Gasteiger partial charge in [-0.1, -0.05) is 12.1 Å². The average Bonchev–Trinajstić information content (AvgIpc) is 2.54. The maximum absolute atomic E-state index is 12.6. The molecule has 2 rings (SSSR count). The van der Waals surface area contributed by atoms with Crippen LogP contribution in [0.5, 0.6) is 0 Å². The third kappa shape index (κ3) is 3.31. The van der Waals surface area contributed by atoms with E-state index in [2.05, 4.69) is 0 Å². The molecule has 1 aliphatic heterocycles. The predicted molar refractivity (Wildman–Crippen MR) is 80.2 cm³/mol. The first-order valence-electron chi connectivity index (χ1n) is 7.16. The van der Waals surface area contributed by atoms with Crippen LogP contribution in [0.25, 0.3) is 0 Å². The number of aliphatic carboxylic acids is 1. The minimum Gasteiger partial charge on any atom is -0.481 e. The molecule has 1 amide bonds. The van der Waals surface area contributed by atoms with Crippen molar-refractivity contribution in [2.24, 2.45) is 5.41 Å². The Labute approximate surface area is 132 Å². The number of carbonyl (C=O) groups excluding carboxylic acids is 1. The van der Waals surface area contributed by atoms with E-state index >= 15 is 0 Å². The number of rotatable bonds is 5. The van der Waals surface area contributed by atoms with E-state index < -0.39 is 22.2 Å². The molecule has 0 bridgehead atoms. The molecule has 23 heavy (non-hydrogen) atoms. The summed E-state index contributed by atoms with van der Waals surface area (Å²) in [6.45, 7) is 0.327. The lowest BCUT2D eigenvalue weighted by Crippen LogP contribution is -2.52. The number of nitro groups is 1. The van der Waals surface area contributed by atoms with Crippen LogP contribution in [0.1, 0.15) is 23.2 Å². The number of piperidine rings is 1. The molecule has 0 aliphatic carbocycles. The molecule has 0 aromatic heterocycles. The Morgan fingerprint density at radius 2 is 2.13 bits per heavy atom. The number of nitrogens with zero attached hydrogens (tertiary/aromatic N) is 2. The number of para-hydroxylation sites is 1. The minimum atomic E-state index is -1.17. The third-order valence-electron chi connectivity index (χ3n) is 4.07. The van der Waals surface area contributed by atoms with Gasteiger partial charge >= 0.3 is 5.97 Å². The third-order valence-corrected chi connectivity index (χ3v) is 4.07. The lowest BCUT2D eigenvalue weighted by Gasteiger charge is -2.39. The van der Waals surface area contributed by atoms with Crippen LogP contribution in [0.2, 0.25) is 0 Å². The summed E-state index contributed by atoms with van der Waals surface area (Å²) in [4.78, 5) is 36.1. The molecule has 1 aromatic carbocycles. The van der Waals surface area contributed by atoms with Crippen molar-refractivity contribution in [2.75, 3.05) is 26.8 Å². The van der Waals surface area contributed by atoms with Gasteiger partial charge in [-0.2, -0.15) is 0 Å². The maximum Gasteiger partial charge on any atom is 0.313 e. The van der Waals surface area contributed by atoms with E-state index in [4.69, 9.17) is 4.74 Å². The molecule has 0 spiro atoms. The molecular weight excluding hydrogens is 304 g/mol. The number of methoxy groups -OCH3 is 1. The Kier molecular flexibility index (Phi) is 4.95. The number of carboxylic acids is 1. The summed E-state index contributed by atoms with van der Waals surface area (Å²) < 4.78 is 5.01. The van der Waals surface area contributed by atoms with Gasteiger partial charge in [0.05, 0.1) is 11.5 Å². The van der Waals surface area contributed by atoms with E-state index in [1.165, 1.54) is 30.2 Å². The first-order chi connectivity index (χ1) is 10.9. The molecule has 1 aliphatic rings. The normalized spacial score (nSPS) is 21.0. The standard InChI is InChI=1S/C15H18N2O6/c1-23-10-15(14(19)20)7-4-8-16(9-15)13(18)11-5-2-3-6-12(11)17(21)22/h2-3,5-6H,4,7-10H2,1H3,(H,19,20). The summed E-state index contributed by atoms with van der Waals surface area (Å²) in [5.41, 5.74) is -1.49. The zero-order valence-electron chi connectivity index (χ0n) is 12.7. The van der Waals surface area contributed by atoms with Gasteiger partial charge in [0.1, 0.15) is 11.0 Å². The average molecular weight is 322 g/mol. The molecule has 1 aromatic rings. The highest BCUT2D eigenvalue weighted by Gasteiger charge is 2.44. The number of carboxylic acid groups (broad SMARTS) is 1. The highest BCUT2D eigenvalue weighted by atomic mass is 16.6. The van der Waals surface area contributed by atoms with Crippen molar-refractivity contribution in [3.05, 3.63) is 39.9 Å². The number of amides is 1. The lowest BCUT2D eigenvalue weighted by molar-refractivity contribution is -0.385. The van der Waals surface area contributed by atoms with Crippen LogP contribution in [0.4, 0.5) is 5.69 Å². The Morgan fingerprint density at radius 1 is 1.43 bits per heavy atom. The van der Waals surface area contributed by atoms with Gasteiger partial charge < -0.3 is 14.7 Å². The zero-order chi connectivity index (χ0) is 17.0. The molecule has 1 saturated heterocycles. The summed E-state index contributed by atoms with van der Waals surface area (Å²) >= 11 is 0. The summed E-state index contributed by atoms with van der Waals surface area (Å²) in [5, 5.41) is 20.6. The SMILES string of the molecule is COCC1(C(=O)O)CCCN(C(=O)c2ccccc2[N+](=O)[O-])C1. The number of benzene rings is 1. The molecule has 1 fully saturated rings. The number of likely N-dealkylation sites (tertiary alicyclic amines) is 1. The van der Waals surface area contributed by atoms with Crippen LogP contribution in [-0.4, -0.2) is 53.6 Å². The van der Waals surface area contributed by atoms with Crippen molar-refractivity contribution in [3.8, 4) is 0 Å². The van der Waals surface area contributed by atoms with Crippen molar-refractivity contribution >= 4 is 17.6 Å². The van der Waals surface area contributed by atoms with E-state index in [0.717, 1.165) is 0 Å². The number of hydrogen-bond acceptors (Lipinski definition) is 5. The zero-order valence-corrected chi connectivity index (χ0v) is 12.7. The second-order valence-electron chi connectivity index (χ2n) is 5.62. The van der Waals surface area contributed by atoms with Gasteiger partial charge in [-0.15, -0.1) is 0 Å². The molecule has 1 atom stereocenters. The highest BCUT2D eigenvalue weighted by molar-refractivity contribution is 5.98. The second kappa shape index (κ2) is 6.74. The van der Waals surface area contributed by atoms with Gasteiger partial charge in [0.15, 0.2) is 0 Å². The molecular formula is C15H18N2O6. The van der Waals surface area contributed by atoms with Crippen molar-refractivity contribution < 1.29 is 24.4 Å². The minimum absolute atomic E-state index is 0.0109. The Hall–Kier alpha value is -2.48. The number of ether oxygens (including phenoxy) is 1. The van der Waals surface area contributed by atoms with Crippen molar-refractivity contribution in [1.29, 1.82) is 0 Å². The second-order valence-corrected chi connectivity index (χ2v) is 5.62. The van der Waals surface area contributed by atoms with Crippen LogP contribution in [0, 0.1) is 15.5 Å². The quantitative estimate of drug-likeness (QED) is 0.650. The number of carbonyl (C=O) groups is 2. The molecule has 1 unspecified atom stereocenters. The first-order valence-corrected chi connectivity index (χ1v) is 7.16. The monoisotopic (exact) mass is 322 g/mol. The largest absolute Gasteiger partial charge is 0.481 e. The summed E-state index contributed by atoms with van der Waals surface area (Å²) in [5.74, 6) is -1.56. The van der Waals surface area contributed by atoms with Crippen LogP contribution < -0.4 is 0 Å². The fourth-order valence-corrected chi connectivity index (χ4v) is 2.92. The summed E-state index contributed by atoms with van der Waals surface area (Å²) in [7, 11) is 1.41. The molecule has 8 nitrogen and oxygen atoms in total. The molecule has 1 heterocycles. The number of hydrogen-bond donors (Lipinski definition) is 1. The summed E-state index contributed by atoms with van der Waals surface area (Å²) in [6.07, 6.45) is 0.902. The van der Waals surface area contributed by atoms with Crippen molar-refractivity contribution in [1.82, 2.24) is 4.90 Å². The molecule has 0 radical (unpaired) electrons.